The molecule has 2 aliphatic rings. The van der Waals surface area contributed by atoms with Crippen molar-refractivity contribution in [3.8, 4) is 23.1 Å². The summed E-state index contributed by atoms with van der Waals surface area (Å²) in [6, 6.07) is 2.61. The normalized spacial score (nSPS) is 18.3. The van der Waals surface area contributed by atoms with Crippen LogP contribution >= 0.6 is 23.2 Å². The Bertz CT molecular complexity index is 1960. The molecule has 2 N–H and O–H groups in total. The third-order valence-corrected chi connectivity index (χ3v) is 8.93. The van der Waals surface area contributed by atoms with Crippen molar-refractivity contribution in [2.45, 2.75) is 39.8 Å². The summed E-state index contributed by atoms with van der Waals surface area (Å²) in [7, 11) is 0. The number of nitriles is 1. The van der Waals surface area contributed by atoms with Gasteiger partial charge in [-0.3, -0.25) is 14.2 Å². The second-order valence-electron chi connectivity index (χ2n) is 11.5. The molecule has 1 amide bonds. The van der Waals surface area contributed by atoms with Gasteiger partial charge >= 0.3 is 0 Å². The highest BCUT2D eigenvalue weighted by molar-refractivity contribution is 6.37. The van der Waals surface area contributed by atoms with Crippen LogP contribution in [0.2, 0.25) is 10.0 Å². The van der Waals surface area contributed by atoms with Crippen LogP contribution in [0.4, 0.5) is 18.9 Å². The number of amides is 1. The number of rotatable bonds is 5. The van der Waals surface area contributed by atoms with Crippen LogP contribution in [0.15, 0.2) is 41.4 Å². The van der Waals surface area contributed by atoms with Crippen molar-refractivity contribution < 1.29 is 23.1 Å². The number of benzene rings is 1. The lowest BCUT2D eigenvalue weighted by atomic mass is 9.94. The van der Waals surface area contributed by atoms with Crippen LogP contribution in [0.5, 0.6) is 5.75 Å². The van der Waals surface area contributed by atoms with E-state index in [1.54, 1.807) is 29.0 Å². The largest absolute Gasteiger partial charge is 0.503 e. The number of nitrogens with zero attached hydrogens (tertiary/aromatic N) is 5. The van der Waals surface area contributed by atoms with Gasteiger partial charge in [0.05, 0.1) is 38.7 Å². The molecule has 1 unspecified atom stereocenters. The molecule has 46 heavy (non-hydrogen) atoms. The number of fused-ring (bicyclic) bond motifs is 1. The number of allylic oxidation sites excluding steroid dienone is 2. The summed E-state index contributed by atoms with van der Waals surface area (Å²) < 4.78 is 45.5. The molecule has 1 fully saturated rings. The van der Waals surface area contributed by atoms with Crippen LogP contribution in [0.3, 0.4) is 0 Å². The second-order valence-corrected chi connectivity index (χ2v) is 12.3. The van der Waals surface area contributed by atoms with Crippen molar-refractivity contribution in [3.63, 3.8) is 0 Å². The standard InChI is InChI=1S/C32H29Cl2F3N6O3/c1-6-20(44)42-10-9-41(13-16(42)5)29-17-11-19(33)27(21-22(34)24(36)25(37)30(45)23(21)35)40-31(17)43(32(46)18(29)12-38)28-15(4)7-8-39-26(28)14(2)3/h6-8,11,14,16,26,39,45H,1,9-10,13H2,2-5H3/t16-,26?/m1/s1. The highest BCUT2D eigenvalue weighted by Gasteiger charge is 2.34. The van der Waals surface area contributed by atoms with Gasteiger partial charge in [-0.2, -0.15) is 9.65 Å². The number of carbonyl (C=O) groups excluding carboxylic acids is 1. The van der Waals surface area contributed by atoms with Gasteiger partial charge in [0.15, 0.2) is 17.4 Å². The Hall–Kier alpha value is -4.47. The summed E-state index contributed by atoms with van der Waals surface area (Å²) in [6.07, 6.45) is 4.68. The Balaban J connectivity index is 1.91. The number of pyridine rings is 2. The van der Waals surface area contributed by atoms with Gasteiger partial charge < -0.3 is 20.2 Å². The first kappa shape index (κ1) is 32.9. The van der Waals surface area contributed by atoms with Crippen molar-refractivity contribution in [3.05, 3.63) is 80.0 Å². The summed E-state index contributed by atoms with van der Waals surface area (Å²) >= 11 is 12.7. The topological polar surface area (TPSA) is 114 Å². The first-order valence-electron chi connectivity index (χ1n) is 14.3. The fourth-order valence-electron chi connectivity index (χ4n) is 6.04. The van der Waals surface area contributed by atoms with Gasteiger partial charge in [0.25, 0.3) is 5.56 Å². The van der Waals surface area contributed by atoms with Gasteiger partial charge in [0.1, 0.15) is 17.3 Å². The first-order valence-corrected chi connectivity index (χ1v) is 15.1. The minimum Gasteiger partial charge on any atom is -0.503 e. The number of phenols is 1. The molecule has 240 valence electrons. The summed E-state index contributed by atoms with van der Waals surface area (Å²) in [6.45, 7) is 11.7. The fraction of sp³-hybridized carbons (Fsp3) is 0.312. The van der Waals surface area contributed by atoms with Crippen molar-refractivity contribution in [1.82, 2.24) is 19.8 Å². The minimum absolute atomic E-state index is 0.0693. The number of dihydropyridines is 1. The molecule has 0 spiro atoms. The zero-order valence-electron chi connectivity index (χ0n) is 25.3. The molecular formula is C32H29Cl2F3N6O3. The summed E-state index contributed by atoms with van der Waals surface area (Å²) in [5, 5.41) is 22.6. The van der Waals surface area contributed by atoms with E-state index in [2.05, 4.69) is 16.9 Å². The lowest BCUT2D eigenvalue weighted by Gasteiger charge is -2.41. The molecule has 2 aliphatic heterocycles. The zero-order valence-corrected chi connectivity index (χ0v) is 26.8. The van der Waals surface area contributed by atoms with Crippen molar-refractivity contribution in [2.75, 3.05) is 24.5 Å². The number of anilines is 1. The van der Waals surface area contributed by atoms with E-state index in [0.717, 1.165) is 0 Å². The van der Waals surface area contributed by atoms with E-state index >= 15 is 4.39 Å². The maximum absolute atomic E-state index is 15.4. The maximum atomic E-state index is 15.4. The molecule has 0 saturated carbocycles. The van der Waals surface area contributed by atoms with E-state index in [1.807, 2.05) is 26.8 Å². The van der Waals surface area contributed by atoms with E-state index in [-0.39, 0.29) is 64.8 Å². The SMILES string of the molecule is C=CC(=O)N1CCN(c2c(C#N)c(=O)n(C3=C(C)C=CNC3C(C)C)c3nc(-c4c(F)c(O)c(F)c(F)c4Cl)c(Cl)cc23)C[C@H]1C. The maximum Gasteiger partial charge on any atom is 0.276 e. The van der Waals surface area contributed by atoms with Crippen molar-refractivity contribution in [2.24, 2.45) is 5.92 Å². The van der Waals surface area contributed by atoms with Gasteiger partial charge in [-0.15, -0.1) is 0 Å². The number of aromatic hydroxyl groups is 1. The number of piperazine rings is 1. The molecule has 1 aromatic carbocycles. The van der Waals surface area contributed by atoms with Crippen molar-refractivity contribution in [1.29, 1.82) is 5.26 Å². The number of hydrogen-bond donors (Lipinski definition) is 2. The van der Waals surface area contributed by atoms with Crippen LogP contribution in [-0.4, -0.2) is 57.2 Å². The summed E-state index contributed by atoms with van der Waals surface area (Å²) in [5.74, 6) is -7.16. The molecule has 9 nitrogen and oxygen atoms in total. The van der Waals surface area contributed by atoms with Crippen LogP contribution < -0.4 is 15.8 Å². The second kappa shape index (κ2) is 12.4. The number of carbonyl (C=O) groups is 1. The molecule has 14 heteroatoms. The lowest BCUT2D eigenvalue weighted by molar-refractivity contribution is -0.128. The van der Waals surface area contributed by atoms with E-state index in [1.165, 1.54) is 16.7 Å². The molecule has 5 rings (SSSR count). The van der Waals surface area contributed by atoms with E-state index in [9.17, 15) is 28.7 Å². The van der Waals surface area contributed by atoms with E-state index in [0.29, 0.717) is 11.3 Å². The highest BCUT2D eigenvalue weighted by Crippen LogP contribution is 2.43. The number of aromatic nitrogens is 2. The zero-order chi connectivity index (χ0) is 33.8. The Labute approximate surface area is 272 Å². The molecule has 1 saturated heterocycles. The van der Waals surface area contributed by atoms with Crippen LogP contribution in [0, 0.1) is 34.7 Å². The van der Waals surface area contributed by atoms with Crippen LogP contribution in [0.1, 0.15) is 33.3 Å². The van der Waals surface area contributed by atoms with Crippen molar-refractivity contribution >= 4 is 51.5 Å². The third-order valence-electron chi connectivity index (χ3n) is 8.28. The number of phenolic OH excluding ortho intramolecular Hbond substituents is 1. The molecule has 4 heterocycles. The van der Waals surface area contributed by atoms with E-state index < -0.39 is 51.1 Å². The minimum atomic E-state index is -1.88. The van der Waals surface area contributed by atoms with Gasteiger partial charge in [0, 0.05) is 31.1 Å². The molecule has 0 aliphatic carbocycles. The van der Waals surface area contributed by atoms with Crippen LogP contribution in [-0.2, 0) is 4.79 Å². The molecule has 2 aromatic heterocycles. The molecule has 3 aromatic rings. The van der Waals surface area contributed by atoms with Gasteiger partial charge in [-0.1, -0.05) is 43.6 Å². The molecule has 0 bridgehead atoms. The predicted octanol–water partition coefficient (Wildman–Crippen LogP) is 5.96. The van der Waals surface area contributed by atoms with Gasteiger partial charge in [-0.25, -0.2) is 13.8 Å². The molecule has 2 atom stereocenters. The Morgan fingerprint density at radius 1 is 1.24 bits per heavy atom. The average Bonchev–Trinajstić information content (AvgIpc) is 3.02. The quantitative estimate of drug-likeness (QED) is 0.195. The Morgan fingerprint density at radius 2 is 1.93 bits per heavy atom. The number of halogens is 5. The Morgan fingerprint density at radius 3 is 2.54 bits per heavy atom. The lowest BCUT2D eigenvalue weighted by Crippen LogP contribution is -2.54. The molecule has 0 radical (unpaired) electrons. The monoisotopic (exact) mass is 672 g/mol. The Kier molecular flexibility index (Phi) is 8.86. The van der Waals surface area contributed by atoms with E-state index in [4.69, 9.17) is 23.2 Å². The summed E-state index contributed by atoms with van der Waals surface area (Å²) in [4.78, 5) is 34.8. The molecular weight excluding hydrogens is 644 g/mol. The fourth-order valence-corrected chi connectivity index (χ4v) is 6.54. The van der Waals surface area contributed by atoms with Crippen LogP contribution in [0.25, 0.3) is 28.0 Å². The first-order chi connectivity index (χ1) is 21.7. The smallest absolute Gasteiger partial charge is 0.276 e. The summed E-state index contributed by atoms with van der Waals surface area (Å²) in [5.41, 5.74) is -1.01. The highest BCUT2D eigenvalue weighted by atomic mass is 35.5. The van der Waals surface area contributed by atoms with Gasteiger partial charge in [-0.05, 0) is 49.8 Å². The average molecular weight is 674 g/mol. The third kappa shape index (κ3) is 5.17. The number of nitrogens with one attached hydrogen (secondary N) is 1. The predicted molar refractivity (Wildman–Crippen MR) is 171 cm³/mol. The number of hydrogen-bond acceptors (Lipinski definition) is 7. The van der Waals surface area contributed by atoms with Gasteiger partial charge in [0.2, 0.25) is 11.7 Å².